The lowest BCUT2D eigenvalue weighted by Gasteiger charge is -2.38. The second-order valence-electron chi connectivity index (χ2n) is 11.1. The second kappa shape index (κ2) is 12.4. The third kappa shape index (κ3) is 5.43. The molecule has 214 valence electrons. The first-order chi connectivity index (χ1) is 19.1. The van der Waals surface area contributed by atoms with Crippen LogP contribution in [0.3, 0.4) is 0 Å². The molecule has 0 spiro atoms. The maximum Gasteiger partial charge on any atom is 0.423 e. The van der Waals surface area contributed by atoms with Crippen molar-refractivity contribution in [2.24, 2.45) is 23.7 Å². The minimum Gasteiger partial charge on any atom is -0.507 e. The van der Waals surface area contributed by atoms with Gasteiger partial charge in [0.25, 0.3) is 0 Å². The van der Waals surface area contributed by atoms with E-state index in [-0.39, 0.29) is 18.1 Å². The number of hydrogen-bond acceptors (Lipinski definition) is 7. The lowest BCUT2D eigenvalue weighted by atomic mass is 9.66. The zero-order valence-corrected chi connectivity index (χ0v) is 23.6. The zero-order valence-electron chi connectivity index (χ0n) is 23.6. The Bertz CT molecular complexity index is 1360. The molecule has 0 bridgehead atoms. The summed E-state index contributed by atoms with van der Waals surface area (Å²) in [5, 5.41) is 34.0. The quantitative estimate of drug-likeness (QED) is 0.290. The summed E-state index contributed by atoms with van der Waals surface area (Å²) in [6.45, 7) is 5.61. The number of allylic oxidation sites excluding steroid dienone is 2. The molecule has 8 nitrogen and oxygen atoms in total. The Kier molecular flexibility index (Phi) is 9.11. The van der Waals surface area contributed by atoms with Gasteiger partial charge in [-0.25, -0.2) is 4.79 Å². The molecule has 3 N–H and O–H groups in total. The van der Waals surface area contributed by atoms with E-state index in [1.54, 1.807) is 6.07 Å². The first kappa shape index (κ1) is 29.5. The molecular weight excluding hydrogens is 510 g/mol. The normalized spacial score (nSPS) is 22.3. The van der Waals surface area contributed by atoms with Gasteiger partial charge in [0.1, 0.15) is 5.75 Å². The van der Waals surface area contributed by atoms with Gasteiger partial charge in [-0.15, -0.1) is 0 Å². The summed E-state index contributed by atoms with van der Waals surface area (Å²) in [7, 11) is 1.11. The van der Waals surface area contributed by atoms with Crippen LogP contribution in [0.15, 0.2) is 53.1 Å². The number of amides is 3. The van der Waals surface area contributed by atoms with Crippen molar-refractivity contribution in [3.63, 3.8) is 0 Å². The molecular formula is C32H39NO7. The van der Waals surface area contributed by atoms with Crippen LogP contribution in [0.4, 0.5) is 4.79 Å². The molecule has 4 atom stereocenters. The molecule has 2 aromatic rings. The summed E-state index contributed by atoms with van der Waals surface area (Å²) >= 11 is 0. The Balaban J connectivity index is 1.64. The van der Waals surface area contributed by atoms with E-state index in [0.717, 1.165) is 47.4 Å². The summed E-state index contributed by atoms with van der Waals surface area (Å²) < 4.78 is 4.67. The van der Waals surface area contributed by atoms with Gasteiger partial charge in [0.05, 0.1) is 31.7 Å². The fraction of sp³-hybridized carbons (Fsp3) is 0.469. The highest BCUT2D eigenvalue weighted by atomic mass is 16.5. The maximum atomic E-state index is 13.2. The van der Waals surface area contributed by atoms with Gasteiger partial charge < -0.3 is 20.1 Å². The number of aromatic hydroxyl groups is 1. The Morgan fingerprint density at radius 1 is 1.10 bits per heavy atom. The number of carbonyl (C=O) groups is 3. The average molecular weight is 550 g/mol. The fourth-order valence-corrected chi connectivity index (χ4v) is 6.44. The van der Waals surface area contributed by atoms with Crippen LogP contribution in [0.1, 0.15) is 58.4 Å². The zero-order chi connectivity index (χ0) is 29.1. The molecule has 0 aromatic heterocycles. The van der Waals surface area contributed by atoms with Crippen LogP contribution in [0.5, 0.6) is 5.75 Å². The second-order valence-corrected chi connectivity index (χ2v) is 11.1. The number of ether oxygens (including phenoxy) is 1. The monoisotopic (exact) mass is 549 g/mol. The van der Waals surface area contributed by atoms with Gasteiger partial charge in [0.15, 0.2) is 0 Å². The number of nitrogens with zero attached hydrogens (tertiary/aromatic N) is 1. The van der Waals surface area contributed by atoms with Crippen molar-refractivity contribution in [1.82, 2.24) is 4.90 Å². The number of aliphatic hydroxyl groups excluding tert-OH is 2. The van der Waals surface area contributed by atoms with E-state index in [0.29, 0.717) is 23.3 Å². The number of hydrogen-bond donors (Lipinski definition) is 3. The maximum absolute atomic E-state index is 13.2. The van der Waals surface area contributed by atoms with E-state index in [2.05, 4.69) is 17.7 Å². The van der Waals surface area contributed by atoms with Gasteiger partial charge in [-0.2, -0.15) is 4.90 Å². The Hall–Kier alpha value is -3.49. The topological polar surface area (TPSA) is 124 Å². The van der Waals surface area contributed by atoms with Crippen molar-refractivity contribution in [3.8, 4) is 5.75 Å². The van der Waals surface area contributed by atoms with Crippen LogP contribution >= 0.6 is 0 Å². The van der Waals surface area contributed by atoms with Gasteiger partial charge in [-0.1, -0.05) is 74.7 Å². The van der Waals surface area contributed by atoms with E-state index >= 15 is 0 Å². The summed E-state index contributed by atoms with van der Waals surface area (Å²) in [5.41, 5.74) is 3.59. The van der Waals surface area contributed by atoms with Crippen LogP contribution in [0.25, 0.3) is 16.8 Å². The van der Waals surface area contributed by atoms with E-state index in [1.165, 1.54) is 0 Å². The third-order valence-corrected chi connectivity index (χ3v) is 8.33. The molecule has 0 saturated carbocycles. The number of benzene rings is 2. The minimum absolute atomic E-state index is 0.0243. The highest BCUT2D eigenvalue weighted by molar-refractivity contribution is 6.16. The predicted molar refractivity (Wildman–Crippen MR) is 152 cm³/mol. The largest absolute Gasteiger partial charge is 0.507 e. The molecule has 1 aliphatic carbocycles. The van der Waals surface area contributed by atoms with Gasteiger partial charge in [0, 0.05) is 11.3 Å². The number of imide groups is 3. The van der Waals surface area contributed by atoms with Crippen molar-refractivity contribution in [3.05, 3.63) is 58.7 Å². The number of rotatable bonds is 9. The highest BCUT2D eigenvalue weighted by Gasteiger charge is 2.57. The average Bonchev–Trinajstić information content (AvgIpc) is 3.20. The molecule has 2 aliphatic rings. The third-order valence-electron chi connectivity index (χ3n) is 8.33. The first-order valence-electron chi connectivity index (χ1n) is 14.0. The number of methoxy groups -OCH3 is 1. The van der Waals surface area contributed by atoms with E-state index in [4.69, 9.17) is 0 Å². The summed E-state index contributed by atoms with van der Waals surface area (Å²) in [6, 6.07) is 11.3. The van der Waals surface area contributed by atoms with Crippen molar-refractivity contribution in [2.45, 2.75) is 59.0 Å². The van der Waals surface area contributed by atoms with Gasteiger partial charge in [-0.05, 0) is 54.2 Å². The Morgan fingerprint density at radius 3 is 2.42 bits per heavy atom. The number of fused-ring (bicyclic) bond motifs is 2. The van der Waals surface area contributed by atoms with Crippen molar-refractivity contribution in [1.29, 1.82) is 0 Å². The Labute approximate surface area is 234 Å². The van der Waals surface area contributed by atoms with Crippen LogP contribution < -0.4 is 0 Å². The van der Waals surface area contributed by atoms with Crippen LogP contribution in [0.2, 0.25) is 0 Å². The van der Waals surface area contributed by atoms with E-state index < -0.39 is 48.4 Å². The van der Waals surface area contributed by atoms with Crippen LogP contribution in [-0.2, 0) is 14.3 Å². The SMILES string of the molecule is CCC/C(=C\c1ccc(O)c2ccccc12)CC[C@@H](O)C1=C(C(C)C)C[C@H]2C(=O)N(C(=O)OC)C(=O)[C@H]2[C@H]1CO. The van der Waals surface area contributed by atoms with Crippen molar-refractivity contribution >= 4 is 34.8 Å². The molecule has 1 heterocycles. The van der Waals surface area contributed by atoms with Crippen LogP contribution in [0, 0.1) is 23.7 Å². The summed E-state index contributed by atoms with van der Waals surface area (Å²) in [4.78, 5) is 39.0. The molecule has 3 amide bonds. The highest BCUT2D eigenvalue weighted by Crippen LogP contribution is 2.48. The Morgan fingerprint density at radius 2 is 1.80 bits per heavy atom. The van der Waals surface area contributed by atoms with Gasteiger partial charge in [-0.3, -0.25) is 9.59 Å². The lowest BCUT2D eigenvalue weighted by molar-refractivity contribution is -0.137. The molecule has 1 fully saturated rings. The molecule has 8 heteroatoms. The van der Waals surface area contributed by atoms with E-state index in [1.807, 2.05) is 44.2 Å². The minimum atomic E-state index is -1.02. The van der Waals surface area contributed by atoms with Gasteiger partial charge >= 0.3 is 6.09 Å². The lowest BCUT2D eigenvalue weighted by Crippen LogP contribution is -2.40. The number of phenolic OH excluding ortho intramolecular Hbond substituents is 1. The first-order valence-corrected chi connectivity index (χ1v) is 14.0. The number of phenols is 1. The standard InChI is InChI=1S/C32H39NO7/c1-5-8-19(15-20-12-14-26(35)22-10-7-6-9-21(20)22)11-13-27(36)28-23(18(2)3)16-24-29(25(28)17-34)31(38)33(30(24)37)32(39)40-4/h6-7,9-10,12,14-15,18,24-25,27,29,34-36H,5,8,11,13,16-17H2,1-4H3/b19-15+/t24-,25+,27-,29-/m1/s1. The van der Waals surface area contributed by atoms with Crippen molar-refractivity contribution in [2.75, 3.05) is 13.7 Å². The predicted octanol–water partition coefficient (Wildman–Crippen LogP) is 5.20. The number of likely N-dealkylation sites (tertiary alicyclic amines) is 1. The van der Waals surface area contributed by atoms with Crippen LogP contribution in [-0.4, -0.2) is 57.9 Å². The molecule has 0 unspecified atom stereocenters. The van der Waals surface area contributed by atoms with Crippen molar-refractivity contribution < 1.29 is 34.4 Å². The summed E-state index contributed by atoms with van der Waals surface area (Å²) in [5.74, 6) is -3.54. The molecule has 2 aromatic carbocycles. The smallest absolute Gasteiger partial charge is 0.423 e. The molecule has 4 rings (SSSR count). The molecule has 0 radical (unpaired) electrons. The fourth-order valence-electron chi connectivity index (χ4n) is 6.44. The van der Waals surface area contributed by atoms with Gasteiger partial charge in [0.2, 0.25) is 11.8 Å². The van der Waals surface area contributed by atoms with E-state index in [9.17, 15) is 29.7 Å². The number of aliphatic hydroxyl groups is 2. The molecule has 1 aliphatic heterocycles. The summed E-state index contributed by atoms with van der Waals surface area (Å²) in [6.07, 6.45) is 3.13. The number of carbonyl (C=O) groups excluding carboxylic acids is 3. The molecule has 40 heavy (non-hydrogen) atoms. The molecule has 1 saturated heterocycles.